The van der Waals surface area contributed by atoms with Gasteiger partial charge >= 0.3 is 0 Å². The predicted octanol–water partition coefficient (Wildman–Crippen LogP) is 2.66. The van der Waals surface area contributed by atoms with Crippen LogP contribution in [0, 0.1) is 0 Å². The molecular formula is C20H24N2O2. The third-order valence-electron chi connectivity index (χ3n) is 4.80. The summed E-state index contributed by atoms with van der Waals surface area (Å²) in [5.41, 5.74) is 9.64. The van der Waals surface area contributed by atoms with E-state index in [1.807, 2.05) is 23.1 Å². The first-order valence-electron chi connectivity index (χ1n) is 8.49. The van der Waals surface area contributed by atoms with Gasteiger partial charge in [0, 0.05) is 25.2 Å². The van der Waals surface area contributed by atoms with Gasteiger partial charge in [0.1, 0.15) is 0 Å². The summed E-state index contributed by atoms with van der Waals surface area (Å²) in [4.78, 5) is 14.6. The third kappa shape index (κ3) is 3.66. The van der Waals surface area contributed by atoms with Gasteiger partial charge in [-0.15, -0.1) is 0 Å². The fraction of sp³-hybridized carbons (Fsp3) is 0.350. The molecular weight excluding hydrogens is 300 g/mol. The molecule has 1 aliphatic heterocycles. The van der Waals surface area contributed by atoms with Gasteiger partial charge in [0.15, 0.2) is 0 Å². The predicted molar refractivity (Wildman–Crippen MR) is 94.6 cm³/mol. The lowest BCUT2D eigenvalue weighted by Gasteiger charge is -2.32. The highest BCUT2D eigenvalue weighted by molar-refractivity contribution is 5.94. The van der Waals surface area contributed by atoms with Gasteiger partial charge in [-0.25, -0.2) is 0 Å². The Morgan fingerprint density at radius 1 is 1.08 bits per heavy atom. The van der Waals surface area contributed by atoms with E-state index >= 15 is 0 Å². The lowest BCUT2D eigenvalue weighted by Crippen LogP contribution is -2.38. The molecule has 0 bridgehead atoms. The fourth-order valence-corrected chi connectivity index (χ4v) is 3.38. The van der Waals surface area contributed by atoms with E-state index in [-0.39, 0.29) is 12.5 Å². The summed E-state index contributed by atoms with van der Waals surface area (Å²) in [7, 11) is 0. The molecule has 0 unspecified atom stereocenters. The van der Waals surface area contributed by atoms with Crippen LogP contribution in [-0.2, 0) is 13.2 Å². The number of rotatable bonds is 4. The second kappa shape index (κ2) is 7.60. The van der Waals surface area contributed by atoms with Crippen molar-refractivity contribution in [2.45, 2.75) is 31.9 Å². The molecule has 24 heavy (non-hydrogen) atoms. The zero-order chi connectivity index (χ0) is 16.9. The molecule has 4 nitrogen and oxygen atoms in total. The Labute approximate surface area is 142 Å². The zero-order valence-corrected chi connectivity index (χ0v) is 13.8. The monoisotopic (exact) mass is 324 g/mol. The molecule has 4 heteroatoms. The summed E-state index contributed by atoms with van der Waals surface area (Å²) in [6.07, 6.45) is 1.94. The van der Waals surface area contributed by atoms with Crippen molar-refractivity contribution in [1.29, 1.82) is 0 Å². The van der Waals surface area contributed by atoms with Gasteiger partial charge in [-0.3, -0.25) is 4.79 Å². The number of hydrogen-bond donors (Lipinski definition) is 2. The molecule has 1 fully saturated rings. The minimum absolute atomic E-state index is 0.0410. The molecule has 0 radical (unpaired) electrons. The van der Waals surface area contributed by atoms with Crippen LogP contribution in [0.2, 0.25) is 0 Å². The van der Waals surface area contributed by atoms with Crippen molar-refractivity contribution in [2.24, 2.45) is 5.73 Å². The fourth-order valence-electron chi connectivity index (χ4n) is 3.38. The van der Waals surface area contributed by atoms with E-state index in [0.29, 0.717) is 18.0 Å². The molecule has 0 aliphatic carbocycles. The van der Waals surface area contributed by atoms with Gasteiger partial charge in [0.25, 0.3) is 5.91 Å². The number of amides is 1. The topological polar surface area (TPSA) is 66.6 Å². The van der Waals surface area contributed by atoms with E-state index in [4.69, 9.17) is 5.73 Å². The summed E-state index contributed by atoms with van der Waals surface area (Å²) in [5, 5.41) is 9.22. The summed E-state index contributed by atoms with van der Waals surface area (Å²) >= 11 is 0. The number of benzene rings is 2. The zero-order valence-electron chi connectivity index (χ0n) is 13.8. The van der Waals surface area contributed by atoms with Crippen LogP contribution >= 0.6 is 0 Å². The van der Waals surface area contributed by atoms with Crippen molar-refractivity contribution in [1.82, 2.24) is 4.90 Å². The van der Waals surface area contributed by atoms with Crippen molar-refractivity contribution in [3.63, 3.8) is 0 Å². The molecule has 3 N–H and O–H groups in total. The van der Waals surface area contributed by atoms with Crippen molar-refractivity contribution in [3.8, 4) is 0 Å². The molecule has 1 saturated heterocycles. The van der Waals surface area contributed by atoms with Gasteiger partial charge in [0.05, 0.1) is 6.61 Å². The molecule has 2 aromatic carbocycles. The van der Waals surface area contributed by atoms with Crippen LogP contribution in [0.15, 0.2) is 48.5 Å². The maximum absolute atomic E-state index is 12.6. The number of nitrogens with zero attached hydrogens (tertiary/aromatic N) is 1. The van der Waals surface area contributed by atoms with Crippen molar-refractivity contribution < 1.29 is 9.90 Å². The average Bonchev–Trinajstić information content (AvgIpc) is 2.67. The summed E-state index contributed by atoms with van der Waals surface area (Å²) < 4.78 is 0. The lowest BCUT2D eigenvalue weighted by atomic mass is 9.88. The van der Waals surface area contributed by atoms with Gasteiger partial charge in [-0.1, -0.05) is 36.4 Å². The van der Waals surface area contributed by atoms with E-state index in [1.54, 1.807) is 6.07 Å². The second-order valence-corrected chi connectivity index (χ2v) is 6.37. The second-order valence-electron chi connectivity index (χ2n) is 6.37. The van der Waals surface area contributed by atoms with E-state index in [1.165, 1.54) is 5.56 Å². The highest BCUT2D eigenvalue weighted by atomic mass is 16.3. The van der Waals surface area contributed by atoms with Gasteiger partial charge in [-0.2, -0.15) is 0 Å². The number of piperidine rings is 1. The highest BCUT2D eigenvalue weighted by Crippen LogP contribution is 2.29. The van der Waals surface area contributed by atoms with Crippen molar-refractivity contribution >= 4 is 5.91 Å². The van der Waals surface area contributed by atoms with Gasteiger partial charge in [0.2, 0.25) is 0 Å². The molecule has 126 valence electrons. The van der Waals surface area contributed by atoms with Crippen LogP contribution in [0.3, 0.4) is 0 Å². The van der Waals surface area contributed by atoms with Crippen LogP contribution in [0.5, 0.6) is 0 Å². The number of carbonyl (C=O) groups is 1. The first-order valence-corrected chi connectivity index (χ1v) is 8.49. The molecule has 0 atom stereocenters. The maximum atomic E-state index is 12.6. The van der Waals surface area contributed by atoms with Crippen LogP contribution in [0.25, 0.3) is 0 Å². The summed E-state index contributed by atoms with van der Waals surface area (Å²) in [6.45, 7) is 2.05. The number of aliphatic hydroxyl groups excluding tert-OH is 1. The average molecular weight is 324 g/mol. The molecule has 0 spiro atoms. The van der Waals surface area contributed by atoms with Crippen LogP contribution in [0.1, 0.15) is 45.8 Å². The normalized spacial score (nSPS) is 15.5. The summed E-state index contributed by atoms with van der Waals surface area (Å²) in [6, 6.07) is 15.7. The number of carbonyl (C=O) groups excluding carboxylic acids is 1. The Morgan fingerprint density at radius 2 is 1.79 bits per heavy atom. The Hall–Kier alpha value is -2.17. The molecule has 3 rings (SSSR count). The molecule has 0 saturated carbocycles. The Kier molecular flexibility index (Phi) is 5.28. The van der Waals surface area contributed by atoms with Crippen LogP contribution < -0.4 is 5.73 Å². The first-order chi connectivity index (χ1) is 11.7. The number of hydrogen-bond acceptors (Lipinski definition) is 3. The Morgan fingerprint density at radius 3 is 2.50 bits per heavy atom. The van der Waals surface area contributed by atoms with Crippen molar-refractivity contribution in [2.75, 3.05) is 13.1 Å². The van der Waals surface area contributed by atoms with Gasteiger partial charge < -0.3 is 15.7 Å². The SMILES string of the molecule is NCc1cccc(C2CCN(C(=O)c3cccc(CO)c3)CC2)c1. The number of likely N-dealkylation sites (tertiary alicyclic amines) is 1. The lowest BCUT2D eigenvalue weighted by molar-refractivity contribution is 0.0713. The third-order valence-corrected chi connectivity index (χ3v) is 4.80. The smallest absolute Gasteiger partial charge is 0.253 e. The molecule has 0 aromatic heterocycles. The standard InChI is InChI=1S/C20H24N2O2/c21-13-15-3-1-5-18(11-15)17-7-9-22(10-8-17)20(24)19-6-2-4-16(12-19)14-23/h1-6,11-12,17,23H,7-10,13-14,21H2. The molecule has 2 aromatic rings. The molecule has 1 aliphatic rings. The minimum Gasteiger partial charge on any atom is -0.392 e. The molecule has 1 amide bonds. The number of aliphatic hydroxyl groups is 1. The van der Waals surface area contributed by atoms with Crippen LogP contribution in [0.4, 0.5) is 0 Å². The van der Waals surface area contributed by atoms with Crippen molar-refractivity contribution in [3.05, 3.63) is 70.8 Å². The summed E-state index contributed by atoms with van der Waals surface area (Å²) in [5.74, 6) is 0.545. The Bertz CT molecular complexity index is 706. The maximum Gasteiger partial charge on any atom is 0.253 e. The van der Waals surface area contributed by atoms with E-state index in [2.05, 4.69) is 24.3 Å². The quantitative estimate of drug-likeness (QED) is 0.908. The Balaban J connectivity index is 1.64. The highest BCUT2D eigenvalue weighted by Gasteiger charge is 2.24. The largest absolute Gasteiger partial charge is 0.392 e. The van der Waals surface area contributed by atoms with Crippen LogP contribution in [-0.4, -0.2) is 29.0 Å². The van der Waals surface area contributed by atoms with Gasteiger partial charge in [-0.05, 0) is 47.6 Å². The van der Waals surface area contributed by atoms with E-state index < -0.39 is 0 Å². The van der Waals surface area contributed by atoms with E-state index in [9.17, 15) is 9.90 Å². The minimum atomic E-state index is -0.0410. The number of nitrogens with two attached hydrogens (primary N) is 1. The van der Waals surface area contributed by atoms with E-state index in [0.717, 1.165) is 37.1 Å². The first kappa shape index (κ1) is 16.7. The molecule has 1 heterocycles.